The summed E-state index contributed by atoms with van der Waals surface area (Å²) in [4.78, 5) is 24.9. The number of benzene rings is 1. The molecule has 0 bridgehead atoms. The zero-order valence-corrected chi connectivity index (χ0v) is 11.6. The molecule has 5 heteroatoms. The molecule has 4 nitrogen and oxygen atoms in total. The highest BCUT2D eigenvalue weighted by atomic mass is 35.5. The van der Waals surface area contributed by atoms with Crippen LogP contribution in [0.1, 0.15) is 23.2 Å². The monoisotopic (exact) mass is 280 g/mol. The second-order valence-corrected chi connectivity index (χ2v) is 5.16. The fraction of sp³-hybridized carbons (Fsp3) is 0.429. The highest BCUT2D eigenvalue weighted by Crippen LogP contribution is 2.27. The van der Waals surface area contributed by atoms with Crippen LogP contribution in [0.25, 0.3) is 0 Å². The molecular weight excluding hydrogens is 264 g/mol. The summed E-state index contributed by atoms with van der Waals surface area (Å²) in [5.41, 5.74) is 1.43. The van der Waals surface area contributed by atoms with Gasteiger partial charge in [0.05, 0.1) is 5.92 Å². The van der Waals surface area contributed by atoms with Crippen molar-refractivity contribution in [2.24, 2.45) is 5.92 Å². The summed E-state index contributed by atoms with van der Waals surface area (Å²) in [5, 5.41) is 3.24. The van der Waals surface area contributed by atoms with Gasteiger partial charge in [0.25, 0.3) is 0 Å². The molecule has 0 spiro atoms. The first-order chi connectivity index (χ1) is 9.15. The van der Waals surface area contributed by atoms with Gasteiger partial charge in [-0.3, -0.25) is 9.59 Å². The number of halogens is 1. The first-order valence-electron chi connectivity index (χ1n) is 6.37. The number of piperidine rings is 1. The van der Waals surface area contributed by atoms with Crippen LogP contribution in [-0.2, 0) is 4.79 Å². The van der Waals surface area contributed by atoms with E-state index in [0.29, 0.717) is 17.1 Å². The molecule has 0 saturated carbocycles. The molecule has 0 radical (unpaired) electrons. The smallest absolute Gasteiger partial charge is 0.224 e. The minimum atomic E-state index is -0.0195. The normalized spacial score (nSPS) is 19.1. The van der Waals surface area contributed by atoms with Crippen LogP contribution >= 0.6 is 11.6 Å². The summed E-state index contributed by atoms with van der Waals surface area (Å²) in [6.07, 6.45) is 2.64. The molecule has 1 unspecified atom stereocenters. The number of carbonyl (C=O) groups is 2. The van der Waals surface area contributed by atoms with E-state index in [9.17, 15) is 9.59 Å². The van der Waals surface area contributed by atoms with Gasteiger partial charge in [-0.1, -0.05) is 11.6 Å². The lowest BCUT2D eigenvalue weighted by Gasteiger charge is -2.34. The molecule has 1 fully saturated rings. The van der Waals surface area contributed by atoms with E-state index >= 15 is 0 Å². The number of nitrogens with zero attached hydrogens (tertiary/aromatic N) is 1. The summed E-state index contributed by atoms with van der Waals surface area (Å²) in [6, 6.07) is 5.28. The molecule has 1 saturated heterocycles. The van der Waals surface area contributed by atoms with Gasteiger partial charge in [-0.25, -0.2) is 0 Å². The van der Waals surface area contributed by atoms with Crippen molar-refractivity contribution in [1.82, 2.24) is 5.32 Å². The Kier molecular flexibility index (Phi) is 4.43. The fourth-order valence-corrected chi connectivity index (χ4v) is 2.70. The molecule has 1 aromatic rings. The largest absolute Gasteiger partial charge is 0.370 e. The zero-order valence-electron chi connectivity index (χ0n) is 10.9. The van der Waals surface area contributed by atoms with Crippen molar-refractivity contribution in [3.8, 4) is 0 Å². The van der Waals surface area contributed by atoms with Gasteiger partial charge in [-0.2, -0.15) is 0 Å². The molecule has 19 heavy (non-hydrogen) atoms. The summed E-state index contributed by atoms with van der Waals surface area (Å²) >= 11 is 5.89. The predicted molar refractivity (Wildman–Crippen MR) is 75.8 cm³/mol. The molecule has 1 N–H and O–H groups in total. The lowest BCUT2D eigenvalue weighted by atomic mass is 9.96. The number of amides is 1. The van der Waals surface area contributed by atoms with Crippen molar-refractivity contribution >= 4 is 29.5 Å². The lowest BCUT2D eigenvalue weighted by molar-refractivity contribution is -0.124. The number of nitrogens with one attached hydrogen (secondary N) is 1. The van der Waals surface area contributed by atoms with Crippen molar-refractivity contribution < 1.29 is 9.59 Å². The fourth-order valence-electron chi connectivity index (χ4n) is 2.52. The van der Waals surface area contributed by atoms with Crippen LogP contribution in [0, 0.1) is 5.92 Å². The van der Waals surface area contributed by atoms with E-state index in [1.165, 1.54) is 0 Å². The standard InChI is InChI=1S/C14H17ClN2O2/c1-16-14(19)10-3-2-6-17(8-10)13-5-4-12(15)7-11(13)9-18/h4-5,7,9-10H,2-3,6,8H2,1H3,(H,16,19). The molecule has 1 heterocycles. The average Bonchev–Trinajstić information content (AvgIpc) is 2.46. The third-order valence-electron chi connectivity index (χ3n) is 3.50. The molecule has 1 amide bonds. The first-order valence-corrected chi connectivity index (χ1v) is 6.74. The van der Waals surface area contributed by atoms with Gasteiger partial charge in [0.2, 0.25) is 5.91 Å². The summed E-state index contributed by atoms with van der Waals surface area (Å²) < 4.78 is 0. The van der Waals surface area contributed by atoms with Crippen molar-refractivity contribution in [1.29, 1.82) is 0 Å². The molecular formula is C14H17ClN2O2. The van der Waals surface area contributed by atoms with Crippen molar-refractivity contribution in [2.45, 2.75) is 12.8 Å². The minimum absolute atomic E-state index is 0.0195. The minimum Gasteiger partial charge on any atom is -0.370 e. The number of rotatable bonds is 3. The SMILES string of the molecule is CNC(=O)C1CCCN(c2ccc(Cl)cc2C=O)C1. The highest BCUT2D eigenvalue weighted by Gasteiger charge is 2.26. The molecule has 1 atom stereocenters. The van der Waals surface area contributed by atoms with E-state index < -0.39 is 0 Å². The van der Waals surface area contributed by atoms with Gasteiger partial charge >= 0.3 is 0 Å². The van der Waals surface area contributed by atoms with E-state index in [2.05, 4.69) is 10.2 Å². The second kappa shape index (κ2) is 6.06. The van der Waals surface area contributed by atoms with Crippen LogP contribution in [0.5, 0.6) is 0 Å². The number of hydrogen-bond donors (Lipinski definition) is 1. The maximum absolute atomic E-state index is 11.7. The molecule has 1 aliphatic heterocycles. The van der Waals surface area contributed by atoms with Crippen LogP contribution in [-0.4, -0.2) is 32.3 Å². The van der Waals surface area contributed by atoms with E-state index in [0.717, 1.165) is 31.4 Å². The Morgan fingerprint density at radius 3 is 3.00 bits per heavy atom. The molecule has 0 aliphatic carbocycles. The van der Waals surface area contributed by atoms with Crippen LogP contribution in [0.3, 0.4) is 0 Å². The summed E-state index contributed by atoms with van der Waals surface area (Å²) in [7, 11) is 1.65. The van der Waals surface area contributed by atoms with Crippen LogP contribution in [0.15, 0.2) is 18.2 Å². The van der Waals surface area contributed by atoms with Crippen LogP contribution in [0.4, 0.5) is 5.69 Å². The Labute approximate surface area is 117 Å². The summed E-state index contributed by atoms with van der Waals surface area (Å²) in [6.45, 7) is 1.50. The van der Waals surface area contributed by atoms with Crippen molar-refractivity contribution in [3.63, 3.8) is 0 Å². The molecule has 2 rings (SSSR count). The second-order valence-electron chi connectivity index (χ2n) is 4.72. The van der Waals surface area contributed by atoms with E-state index in [-0.39, 0.29) is 11.8 Å². The van der Waals surface area contributed by atoms with Gasteiger partial charge in [0, 0.05) is 36.4 Å². The average molecular weight is 281 g/mol. The number of hydrogen-bond acceptors (Lipinski definition) is 3. The quantitative estimate of drug-likeness (QED) is 0.863. The first kappa shape index (κ1) is 13.9. The Morgan fingerprint density at radius 1 is 1.53 bits per heavy atom. The number of carbonyl (C=O) groups excluding carboxylic acids is 2. The van der Waals surface area contributed by atoms with Gasteiger partial charge in [-0.15, -0.1) is 0 Å². The van der Waals surface area contributed by atoms with Crippen molar-refractivity contribution in [3.05, 3.63) is 28.8 Å². The Hall–Kier alpha value is -1.55. The van der Waals surface area contributed by atoms with Gasteiger partial charge in [-0.05, 0) is 31.0 Å². The Balaban J connectivity index is 2.21. The van der Waals surface area contributed by atoms with E-state index in [1.807, 2.05) is 6.07 Å². The topological polar surface area (TPSA) is 49.4 Å². The number of anilines is 1. The van der Waals surface area contributed by atoms with Crippen molar-refractivity contribution in [2.75, 3.05) is 25.0 Å². The lowest BCUT2D eigenvalue weighted by Crippen LogP contribution is -2.42. The van der Waals surface area contributed by atoms with Gasteiger partial charge in [0.15, 0.2) is 6.29 Å². The van der Waals surface area contributed by atoms with Crippen LogP contribution < -0.4 is 10.2 Å². The maximum Gasteiger partial charge on any atom is 0.224 e. The van der Waals surface area contributed by atoms with E-state index in [1.54, 1.807) is 19.2 Å². The Bertz CT molecular complexity index is 490. The van der Waals surface area contributed by atoms with E-state index in [4.69, 9.17) is 11.6 Å². The van der Waals surface area contributed by atoms with Gasteiger partial charge < -0.3 is 10.2 Å². The molecule has 0 aromatic heterocycles. The highest BCUT2D eigenvalue weighted by molar-refractivity contribution is 6.31. The third kappa shape index (κ3) is 3.07. The molecule has 1 aliphatic rings. The van der Waals surface area contributed by atoms with Crippen LogP contribution in [0.2, 0.25) is 5.02 Å². The molecule has 1 aromatic carbocycles. The number of aldehydes is 1. The predicted octanol–water partition coefficient (Wildman–Crippen LogP) is 2.11. The Morgan fingerprint density at radius 2 is 2.32 bits per heavy atom. The third-order valence-corrected chi connectivity index (χ3v) is 3.73. The van der Waals surface area contributed by atoms with Gasteiger partial charge in [0.1, 0.15) is 0 Å². The zero-order chi connectivity index (χ0) is 13.8. The maximum atomic E-state index is 11.7. The molecule has 102 valence electrons. The summed E-state index contributed by atoms with van der Waals surface area (Å²) in [5.74, 6) is 0.0419.